The van der Waals surface area contributed by atoms with E-state index in [2.05, 4.69) is 15.6 Å². The number of amides is 2. The Bertz CT molecular complexity index is 1420. The molecular weight excluding hydrogens is 600 g/mol. The van der Waals surface area contributed by atoms with Crippen LogP contribution in [0.1, 0.15) is 38.3 Å². The van der Waals surface area contributed by atoms with Crippen LogP contribution in [0.3, 0.4) is 0 Å². The van der Waals surface area contributed by atoms with Gasteiger partial charge in [0.15, 0.2) is 23.0 Å². The van der Waals surface area contributed by atoms with Crippen molar-refractivity contribution in [2.75, 3.05) is 26.0 Å². The third-order valence-electron chi connectivity index (χ3n) is 7.57. The number of carbonyl (C=O) groups is 4. The van der Waals surface area contributed by atoms with Gasteiger partial charge in [0.25, 0.3) is 5.91 Å². The molecule has 8 N–H and O–H groups in total. The van der Waals surface area contributed by atoms with Crippen LogP contribution in [-0.2, 0) is 25.6 Å². The van der Waals surface area contributed by atoms with Crippen molar-refractivity contribution in [2.24, 2.45) is 17.6 Å². The third kappa shape index (κ3) is 5.44. The molecule has 0 aromatic carbocycles. The molecule has 3 aliphatic rings. The molecule has 4 rings (SSSR count). The highest BCUT2D eigenvalue weighted by atomic mass is 35.5. The van der Waals surface area contributed by atoms with E-state index < -0.39 is 98.1 Å². The molecule has 16 heteroatoms. The van der Waals surface area contributed by atoms with Gasteiger partial charge in [-0.05, 0) is 53.6 Å². The Kier molecular flexibility index (Phi) is 9.77. The minimum atomic E-state index is -2.82. The van der Waals surface area contributed by atoms with Gasteiger partial charge in [-0.1, -0.05) is 0 Å². The highest BCUT2D eigenvalue weighted by Crippen LogP contribution is 2.53. The zero-order valence-corrected chi connectivity index (χ0v) is 25.1. The number of anilines is 1. The largest absolute Gasteiger partial charge is 0.508 e. The highest BCUT2D eigenvalue weighted by Gasteiger charge is 2.64. The van der Waals surface area contributed by atoms with Crippen LogP contribution in [0, 0.1) is 17.8 Å². The van der Waals surface area contributed by atoms with Crippen molar-refractivity contribution in [1.29, 1.82) is 0 Å². The predicted molar refractivity (Wildman–Crippen MR) is 153 cm³/mol. The molecule has 0 unspecified atom stereocenters. The first kappa shape index (κ1) is 34.9. The number of hydrogen-bond donors (Lipinski definition) is 7. The van der Waals surface area contributed by atoms with Gasteiger partial charge in [-0.15, -0.1) is 24.8 Å². The van der Waals surface area contributed by atoms with Crippen LogP contribution >= 0.6 is 24.8 Å². The lowest BCUT2D eigenvalue weighted by molar-refractivity contribution is -0.153. The van der Waals surface area contributed by atoms with Crippen LogP contribution < -0.4 is 16.4 Å². The van der Waals surface area contributed by atoms with E-state index in [4.69, 9.17) is 5.73 Å². The normalized spacial score (nSPS) is 25.2. The quantitative estimate of drug-likeness (QED) is 0.177. The first-order valence-electron chi connectivity index (χ1n) is 12.5. The molecule has 0 saturated heterocycles. The van der Waals surface area contributed by atoms with Gasteiger partial charge < -0.3 is 36.8 Å². The number of aliphatic hydroxyl groups is 3. The van der Waals surface area contributed by atoms with Crippen LogP contribution in [0.2, 0.25) is 0 Å². The van der Waals surface area contributed by atoms with Crippen LogP contribution in [0.15, 0.2) is 16.9 Å². The van der Waals surface area contributed by atoms with Gasteiger partial charge in [0, 0.05) is 22.6 Å². The molecule has 1 aromatic heterocycles. The number of pyridine rings is 1. The van der Waals surface area contributed by atoms with E-state index in [9.17, 15) is 39.6 Å². The number of halogens is 3. The maximum atomic E-state index is 15.2. The van der Waals surface area contributed by atoms with Crippen LogP contribution in [0.4, 0.5) is 10.2 Å². The second-order valence-electron chi connectivity index (χ2n) is 11.6. The number of likely N-dealkylation sites (N-methyl/N-ethyl adjacent to an activating group) is 1. The summed E-state index contributed by atoms with van der Waals surface area (Å²) in [4.78, 5) is 56.3. The van der Waals surface area contributed by atoms with Crippen molar-refractivity contribution in [1.82, 2.24) is 15.2 Å². The Morgan fingerprint density at radius 1 is 1.17 bits per heavy atom. The van der Waals surface area contributed by atoms with Gasteiger partial charge in [-0.3, -0.25) is 24.1 Å². The molecule has 0 spiro atoms. The van der Waals surface area contributed by atoms with Gasteiger partial charge in [-0.2, -0.15) is 9.37 Å². The standard InChI is InChI=1S/C26H32FN5O8.2ClH/c1-25(2,3)29-8-12(33)30-24-19(36)14-10(22(27)31-24)6-9-7-11-16(32(4)5)18(35)15(23(28)39)21(38)26(11,40)20(37)13(9)17(14)34;;/h9,11,16,29,34,36,38,40H,6-8H2,1-5H3,(H2,28,39)(H,30,31,33);2*1H/t9-,11-,16-,26-;;/m0../s1. The topological polar surface area (TPSA) is 215 Å². The van der Waals surface area contributed by atoms with E-state index in [1.165, 1.54) is 19.0 Å². The fraction of sp³-hybridized carbons (Fsp3) is 0.500. The van der Waals surface area contributed by atoms with Gasteiger partial charge in [0.05, 0.1) is 18.2 Å². The number of fused-ring (bicyclic) bond motifs is 3. The Labute approximate surface area is 252 Å². The molecule has 0 radical (unpaired) electrons. The zero-order chi connectivity index (χ0) is 30.1. The summed E-state index contributed by atoms with van der Waals surface area (Å²) in [5.41, 5.74) is -0.0775. The lowest BCUT2D eigenvalue weighted by Gasteiger charge is -2.50. The van der Waals surface area contributed by atoms with Crippen LogP contribution in [-0.4, -0.2) is 91.5 Å². The Balaban J connectivity index is 0.00000308. The molecule has 0 aliphatic heterocycles. The molecule has 2 amide bonds. The average molecular weight is 634 g/mol. The maximum Gasteiger partial charge on any atom is 0.255 e. The van der Waals surface area contributed by atoms with E-state index >= 15 is 4.39 Å². The van der Waals surface area contributed by atoms with Crippen molar-refractivity contribution in [3.8, 4) is 5.75 Å². The molecule has 232 valence electrons. The van der Waals surface area contributed by atoms with Crippen molar-refractivity contribution in [2.45, 2.75) is 50.8 Å². The maximum absolute atomic E-state index is 15.2. The molecule has 1 heterocycles. The first-order chi connectivity index (χ1) is 18.4. The zero-order valence-electron chi connectivity index (χ0n) is 23.4. The molecule has 13 nitrogen and oxygen atoms in total. The van der Waals surface area contributed by atoms with Crippen molar-refractivity contribution >= 4 is 59.8 Å². The van der Waals surface area contributed by atoms with E-state index in [0.717, 1.165) is 0 Å². The van der Waals surface area contributed by atoms with Crippen molar-refractivity contribution in [3.05, 3.63) is 34.0 Å². The van der Waals surface area contributed by atoms with Crippen LogP contribution in [0.5, 0.6) is 5.75 Å². The summed E-state index contributed by atoms with van der Waals surface area (Å²) < 4.78 is 15.2. The summed E-state index contributed by atoms with van der Waals surface area (Å²) >= 11 is 0. The number of aromatic hydroxyl groups is 1. The number of primary amides is 1. The number of nitrogens with two attached hydrogens (primary N) is 1. The second-order valence-corrected chi connectivity index (χ2v) is 11.6. The molecule has 1 aromatic rings. The number of rotatable bonds is 5. The number of nitrogens with one attached hydrogen (secondary N) is 2. The van der Waals surface area contributed by atoms with E-state index in [1.807, 2.05) is 20.8 Å². The van der Waals surface area contributed by atoms with Gasteiger partial charge in [0.1, 0.15) is 17.1 Å². The number of ketones is 2. The number of carbonyl (C=O) groups excluding carboxylic acids is 4. The van der Waals surface area contributed by atoms with Gasteiger partial charge >= 0.3 is 0 Å². The van der Waals surface area contributed by atoms with Crippen LogP contribution in [0.25, 0.3) is 5.76 Å². The molecular formula is C26H34Cl2FN5O8. The highest BCUT2D eigenvalue weighted by molar-refractivity contribution is 6.24. The van der Waals surface area contributed by atoms with Gasteiger partial charge in [-0.25, -0.2) is 0 Å². The number of aliphatic hydroxyl groups excluding tert-OH is 2. The molecule has 3 aliphatic carbocycles. The summed E-state index contributed by atoms with van der Waals surface area (Å²) in [6.07, 6.45) is -0.455. The molecule has 42 heavy (non-hydrogen) atoms. The molecule has 1 saturated carbocycles. The molecule has 0 bridgehead atoms. The van der Waals surface area contributed by atoms with Gasteiger partial charge in [0.2, 0.25) is 17.6 Å². The van der Waals surface area contributed by atoms with E-state index in [1.54, 1.807) is 0 Å². The number of nitrogens with zero attached hydrogens (tertiary/aromatic N) is 2. The number of Topliss-reactive ketones (excluding diaryl/α,β-unsaturated/α-hetero) is 2. The lowest BCUT2D eigenvalue weighted by atomic mass is 9.57. The average Bonchev–Trinajstić information content (AvgIpc) is 2.82. The Morgan fingerprint density at radius 2 is 1.76 bits per heavy atom. The minimum absolute atomic E-state index is 0. The fourth-order valence-corrected chi connectivity index (χ4v) is 5.77. The summed E-state index contributed by atoms with van der Waals surface area (Å²) in [7, 11) is 2.95. The molecule has 4 atom stereocenters. The number of aromatic nitrogens is 1. The first-order valence-corrected chi connectivity index (χ1v) is 12.5. The fourth-order valence-electron chi connectivity index (χ4n) is 5.77. The SMILES string of the molecule is CN(C)[C@@H]1C(=O)C(C(N)=O)=C(O)[C@@]2(O)C(=O)C3=C(O)c4c(O)c(NC(=O)CNC(C)(C)C)nc(F)c4C[C@H]3C[C@@H]12.Cl.Cl. The van der Waals surface area contributed by atoms with Crippen molar-refractivity contribution < 1.29 is 44.0 Å². The Morgan fingerprint density at radius 3 is 2.29 bits per heavy atom. The molecule has 1 fully saturated rings. The summed E-state index contributed by atoms with van der Waals surface area (Å²) in [6, 6.07) is -1.26. The Hall–Kier alpha value is -3.30. The monoisotopic (exact) mass is 633 g/mol. The van der Waals surface area contributed by atoms with Crippen molar-refractivity contribution in [3.63, 3.8) is 0 Å². The predicted octanol–water partition coefficient (Wildman–Crippen LogP) is 0.668. The van der Waals surface area contributed by atoms with E-state index in [0.29, 0.717) is 0 Å². The lowest BCUT2D eigenvalue weighted by Crippen LogP contribution is -2.65. The smallest absolute Gasteiger partial charge is 0.255 e. The summed E-state index contributed by atoms with van der Waals surface area (Å²) in [6.45, 7) is 5.25. The number of hydrogen-bond acceptors (Lipinski definition) is 11. The second kappa shape index (κ2) is 11.8. The minimum Gasteiger partial charge on any atom is -0.508 e. The third-order valence-corrected chi connectivity index (χ3v) is 7.57. The summed E-state index contributed by atoms with van der Waals surface area (Å²) in [5, 5.41) is 49.7. The summed E-state index contributed by atoms with van der Waals surface area (Å²) in [5.74, 6) is -11.0. The van der Waals surface area contributed by atoms with E-state index in [-0.39, 0.29) is 49.8 Å².